The molecular weight excluding hydrogens is 290 g/mol. The van der Waals surface area contributed by atoms with Gasteiger partial charge in [0.2, 0.25) is 0 Å². The molecule has 6 heteroatoms. The molecule has 114 valence electrons. The standard InChI is InChI=1S/C15H19N3O2.ClH/c1-2-4-15(16-7-3-1)18-17-11-12-5-6-13-14(10-12)20-9-8-19-13;/h5-6,10-11H,1-4,7-9H2,(H,16,18);1H/b17-11+;. The number of rotatable bonds is 2. The lowest BCUT2D eigenvalue weighted by atomic mass is 10.2. The van der Waals surface area contributed by atoms with Crippen molar-refractivity contribution < 1.29 is 9.47 Å². The van der Waals surface area contributed by atoms with Gasteiger partial charge in [-0.05, 0) is 36.6 Å². The van der Waals surface area contributed by atoms with Crippen LogP contribution >= 0.6 is 12.4 Å². The van der Waals surface area contributed by atoms with E-state index < -0.39 is 0 Å². The number of hydrogen-bond donors (Lipinski definition) is 1. The number of halogens is 1. The van der Waals surface area contributed by atoms with Gasteiger partial charge in [-0.3, -0.25) is 10.4 Å². The van der Waals surface area contributed by atoms with Gasteiger partial charge in [0.1, 0.15) is 19.0 Å². The molecule has 2 aliphatic heterocycles. The molecule has 1 aromatic carbocycles. The molecule has 1 aromatic rings. The van der Waals surface area contributed by atoms with Crippen LogP contribution in [0.15, 0.2) is 28.3 Å². The van der Waals surface area contributed by atoms with Crippen molar-refractivity contribution in [3.63, 3.8) is 0 Å². The summed E-state index contributed by atoms with van der Waals surface area (Å²) in [7, 11) is 0. The van der Waals surface area contributed by atoms with Gasteiger partial charge in [-0.2, -0.15) is 5.10 Å². The van der Waals surface area contributed by atoms with E-state index >= 15 is 0 Å². The summed E-state index contributed by atoms with van der Waals surface area (Å²) in [5.41, 5.74) is 4.02. The second-order valence-electron chi connectivity index (χ2n) is 4.91. The Morgan fingerprint density at radius 1 is 1.10 bits per heavy atom. The second kappa shape index (κ2) is 7.88. The Balaban J connectivity index is 0.00000161. The summed E-state index contributed by atoms with van der Waals surface area (Å²) in [4.78, 5) is 4.47. The normalized spacial score (nSPS) is 17.6. The van der Waals surface area contributed by atoms with Crippen molar-refractivity contribution in [3.8, 4) is 11.5 Å². The molecule has 2 heterocycles. The zero-order valence-electron chi connectivity index (χ0n) is 11.9. The number of nitrogens with one attached hydrogen (secondary N) is 1. The fourth-order valence-electron chi connectivity index (χ4n) is 2.29. The first kappa shape index (κ1) is 15.6. The van der Waals surface area contributed by atoms with Crippen LogP contribution in [0.25, 0.3) is 0 Å². The van der Waals surface area contributed by atoms with Crippen molar-refractivity contribution in [1.82, 2.24) is 5.43 Å². The molecule has 0 fully saturated rings. The van der Waals surface area contributed by atoms with Gasteiger partial charge < -0.3 is 9.47 Å². The molecule has 0 unspecified atom stereocenters. The van der Waals surface area contributed by atoms with E-state index in [0.29, 0.717) is 13.2 Å². The summed E-state index contributed by atoms with van der Waals surface area (Å²) in [5, 5.41) is 4.25. The largest absolute Gasteiger partial charge is 0.486 e. The lowest BCUT2D eigenvalue weighted by Gasteiger charge is -2.18. The number of nitrogens with zero attached hydrogens (tertiary/aromatic N) is 2. The van der Waals surface area contributed by atoms with Gasteiger partial charge in [0.05, 0.1) is 6.21 Å². The van der Waals surface area contributed by atoms with Gasteiger partial charge >= 0.3 is 0 Å². The van der Waals surface area contributed by atoms with E-state index in [1.54, 1.807) is 6.21 Å². The molecule has 3 rings (SSSR count). The highest BCUT2D eigenvalue weighted by Gasteiger charge is 2.10. The number of fused-ring (bicyclic) bond motifs is 1. The molecule has 0 amide bonds. The highest BCUT2D eigenvalue weighted by molar-refractivity contribution is 5.86. The molecule has 0 radical (unpaired) electrons. The SMILES string of the molecule is C(=N\NC1=NCCCCC1)/c1ccc2c(c1)OCCO2.Cl. The Labute approximate surface area is 130 Å². The Morgan fingerprint density at radius 2 is 1.95 bits per heavy atom. The molecule has 2 aliphatic rings. The third-order valence-corrected chi connectivity index (χ3v) is 3.35. The number of benzene rings is 1. The number of hydrogen-bond acceptors (Lipinski definition) is 5. The van der Waals surface area contributed by atoms with Crippen LogP contribution in [0, 0.1) is 0 Å². The monoisotopic (exact) mass is 309 g/mol. The van der Waals surface area contributed by atoms with E-state index in [9.17, 15) is 0 Å². The van der Waals surface area contributed by atoms with Crippen molar-refractivity contribution in [3.05, 3.63) is 23.8 Å². The molecule has 0 spiro atoms. The van der Waals surface area contributed by atoms with Crippen LogP contribution in [0.4, 0.5) is 0 Å². The maximum absolute atomic E-state index is 5.55. The molecule has 0 bridgehead atoms. The van der Waals surface area contributed by atoms with Crippen LogP contribution in [0.3, 0.4) is 0 Å². The first-order chi connectivity index (χ1) is 9.92. The molecule has 0 aromatic heterocycles. The van der Waals surface area contributed by atoms with Crippen LogP contribution < -0.4 is 14.9 Å². The maximum Gasteiger partial charge on any atom is 0.162 e. The average molecular weight is 310 g/mol. The molecule has 0 saturated carbocycles. The predicted molar refractivity (Wildman–Crippen MR) is 86.2 cm³/mol. The quantitative estimate of drug-likeness (QED) is 0.675. The summed E-state index contributed by atoms with van der Waals surface area (Å²) >= 11 is 0. The van der Waals surface area contributed by atoms with Gasteiger partial charge in [0.15, 0.2) is 11.5 Å². The van der Waals surface area contributed by atoms with Crippen LogP contribution in [0.5, 0.6) is 11.5 Å². The minimum atomic E-state index is 0. The van der Waals surface area contributed by atoms with Crippen molar-refractivity contribution in [1.29, 1.82) is 0 Å². The lowest BCUT2D eigenvalue weighted by Crippen LogP contribution is -2.17. The highest BCUT2D eigenvalue weighted by atomic mass is 35.5. The first-order valence-electron chi connectivity index (χ1n) is 7.14. The molecule has 5 nitrogen and oxygen atoms in total. The minimum Gasteiger partial charge on any atom is -0.486 e. The van der Waals surface area contributed by atoms with Crippen molar-refractivity contribution >= 4 is 24.5 Å². The Kier molecular flexibility index (Phi) is 5.87. The zero-order valence-corrected chi connectivity index (χ0v) is 12.7. The third kappa shape index (κ3) is 4.36. The fourth-order valence-corrected chi connectivity index (χ4v) is 2.29. The molecule has 21 heavy (non-hydrogen) atoms. The van der Waals surface area contributed by atoms with Crippen LogP contribution in [-0.4, -0.2) is 31.8 Å². The van der Waals surface area contributed by atoms with E-state index in [1.807, 2.05) is 18.2 Å². The maximum atomic E-state index is 5.55. The van der Waals surface area contributed by atoms with Crippen LogP contribution in [-0.2, 0) is 0 Å². The first-order valence-corrected chi connectivity index (χ1v) is 7.14. The predicted octanol–water partition coefficient (Wildman–Crippen LogP) is 2.78. The zero-order chi connectivity index (χ0) is 13.6. The van der Waals surface area contributed by atoms with Crippen LogP contribution in [0.1, 0.15) is 31.2 Å². The summed E-state index contributed by atoms with van der Waals surface area (Å²) in [5.74, 6) is 2.57. The second-order valence-corrected chi connectivity index (χ2v) is 4.91. The lowest BCUT2D eigenvalue weighted by molar-refractivity contribution is 0.171. The van der Waals surface area contributed by atoms with E-state index in [0.717, 1.165) is 35.9 Å². The minimum absolute atomic E-state index is 0. The summed E-state index contributed by atoms with van der Waals surface area (Å²) < 4.78 is 11.0. The molecule has 0 aliphatic carbocycles. The van der Waals surface area contributed by atoms with E-state index in [-0.39, 0.29) is 12.4 Å². The molecule has 0 saturated heterocycles. The Bertz CT molecular complexity index is 532. The van der Waals surface area contributed by atoms with Crippen LogP contribution in [0.2, 0.25) is 0 Å². The van der Waals surface area contributed by atoms with Crippen molar-refractivity contribution in [2.45, 2.75) is 25.7 Å². The number of aliphatic imine (C=N–C) groups is 1. The van der Waals surface area contributed by atoms with Gasteiger partial charge in [0, 0.05) is 13.0 Å². The topological polar surface area (TPSA) is 55.2 Å². The van der Waals surface area contributed by atoms with Gasteiger partial charge in [-0.25, -0.2) is 0 Å². The molecular formula is C15H20ClN3O2. The Morgan fingerprint density at radius 3 is 2.86 bits per heavy atom. The van der Waals surface area contributed by atoms with Gasteiger partial charge in [-0.15, -0.1) is 12.4 Å². The smallest absolute Gasteiger partial charge is 0.162 e. The average Bonchev–Trinajstić information content (AvgIpc) is 2.76. The molecule has 1 N–H and O–H groups in total. The highest BCUT2D eigenvalue weighted by Crippen LogP contribution is 2.30. The number of hydrazone groups is 1. The van der Waals surface area contributed by atoms with E-state index in [1.165, 1.54) is 19.3 Å². The number of amidine groups is 1. The number of ether oxygens (including phenoxy) is 2. The van der Waals surface area contributed by atoms with Crippen molar-refractivity contribution in [2.24, 2.45) is 10.1 Å². The third-order valence-electron chi connectivity index (χ3n) is 3.35. The summed E-state index contributed by atoms with van der Waals surface area (Å²) in [6.07, 6.45) is 6.38. The van der Waals surface area contributed by atoms with E-state index in [4.69, 9.17) is 9.47 Å². The summed E-state index contributed by atoms with van der Waals surface area (Å²) in [6, 6.07) is 5.82. The fraction of sp³-hybridized carbons (Fsp3) is 0.467. The summed E-state index contributed by atoms with van der Waals surface area (Å²) in [6.45, 7) is 2.12. The molecule has 0 atom stereocenters. The van der Waals surface area contributed by atoms with Gasteiger partial charge in [0.25, 0.3) is 0 Å². The van der Waals surface area contributed by atoms with Gasteiger partial charge in [-0.1, -0.05) is 6.42 Å². The Hall–Kier alpha value is -1.75. The van der Waals surface area contributed by atoms with E-state index in [2.05, 4.69) is 15.5 Å². The van der Waals surface area contributed by atoms with Crippen molar-refractivity contribution in [2.75, 3.05) is 19.8 Å².